The molecule has 0 amide bonds. The van der Waals surface area contributed by atoms with E-state index in [1.54, 1.807) is 29.2 Å². The van der Waals surface area contributed by atoms with Gasteiger partial charge in [0.2, 0.25) is 5.82 Å². The van der Waals surface area contributed by atoms with Crippen molar-refractivity contribution in [2.24, 2.45) is 0 Å². The zero-order valence-corrected chi connectivity index (χ0v) is 21.5. The number of piperidine rings is 1. The number of benzene rings is 1. The molecule has 0 N–H and O–H groups in total. The van der Waals surface area contributed by atoms with Crippen LogP contribution < -0.4 is 15.1 Å². The van der Waals surface area contributed by atoms with E-state index in [4.69, 9.17) is 4.74 Å². The summed E-state index contributed by atoms with van der Waals surface area (Å²) in [6.07, 6.45) is 8.44. The van der Waals surface area contributed by atoms with Crippen molar-refractivity contribution < 1.29 is 18.4 Å². The van der Waals surface area contributed by atoms with Crippen molar-refractivity contribution in [3.8, 4) is 5.75 Å². The quantitative estimate of drug-likeness (QED) is 0.252. The van der Waals surface area contributed by atoms with E-state index >= 15 is 0 Å². The Labute approximate surface area is 227 Å². The molecular formula is C28H26F2N6O4. The van der Waals surface area contributed by atoms with Gasteiger partial charge in [0.25, 0.3) is 0 Å². The predicted molar refractivity (Wildman–Crippen MR) is 143 cm³/mol. The van der Waals surface area contributed by atoms with Crippen LogP contribution >= 0.6 is 0 Å². The minimum atomic E-state index is -1.11. The molecule has 6 rings (SSSR count). The lowest BCUT2D eigenvalue weighted by Gasteiger charge is -2.40. The van der Waals surface area contributed by atoms with E-state index in [0.29, 0.717) is 31.7 Å². The molecule has 2 aliphatic heterocycles. The molecule has 4 aromatic rings. The van der Waals surface area contributed by atoms with Gasteiger partial charge in [-0.1, -0.05) is 0 Å². The minimum Gasteiger partial charge on any atom is -0.486 e. The van der Waals surface area contributed by atoms with Gasteiger partial charge in [-0.05, 0) is 52.6 Å². The molecule has 3 aromatic heterocycles. The number of ether oxygens (including phenoxy) is 1. The van der Waals surface area contributed by atoms with E-state index in [0.717, 1.165) is 36.7 Å². The summed E-state index contributed by atoms with van der Waals surface area (Å²) < 4.78 is 36.0. The molecule has 0 radical (unpaired) electrons. The van der Waals surface area contributed by atoms with Gasteiger partial charge in [0, 0.05) is 62.4 Å². The van der Waals surface area contributed by atoms with Gasteiger partial charge in [0.1, 0.15) is 6.61 Å². The average Bonchev–Trinajstić information content (AvgIpc) is 2.98. The van der Waals surface area contributed by atoms with Crippen LogP contribution in [0.2, 0.25) is 0 Å². The highest BCUT2D eigenvalue weighted by molar-refractivity contribution is 5.86. The van der Waals surface area contributed by atoms with Gasteiger partial charge in [0.05, 0.1) is 23.1 Å². The number of nitrogens with zero attached hydrogens (tertiary/aromatic N) is 6. The third-order valence-electron chi connectivity index (χ3n) is 7.57. The van der Waals surface area contributed by atoms with Crippen LogP contribution in [0.1, 0.15) is 24.0 Å². The maximum absolute atomic E-state index is 14.4. The van der Waals surface area contributed by atoms with Crippen molar-refractivity contribution in [1.29, 1.82) is 0 Å². The third-order valence-corrected chi connectivity index (χ3v) is 7.57. The average molecular weight is 549 g/mol. The summed E-state index contributed by atoms with van der Waals surface area (Å²) in [4.78, 5) is 36.6. The molecule has 10 nitrogen and oxygen atoms in total. The third kappa shape index (κ3) is 4.86. The molecule has 40 heavy (non-hydrogen) atoms. The molecule has 2 aliphatic rings. The summed E-state index contributed by atoms with van der Waals surface area (Å²) in [5.74, 6) is -2.63. The Morgan fingerprint density at radius 2 is 1.98 bits per heavy atom. The Kier molecular flexibility index (Phi) is 6.84. The number of hydrogen-bond acceptors (Lipinski definition) is 8. The van der Waals surface area contributed by atoms with Gasteiger partial charge in [-0.15, -0.1) is 0 Å². The van der Waals surface area contributed by atoms with Crippen molar-refractivity contribution in [2.75, 3.05) is 24.6 Å². The zero-order chi connectivity index (χ0) is 27.8. The van der Waals surface area contributed by atoms with Gasteiger partial charge < -0.3 is 24.3 Å². The second-order valence-corrected chi connectivity index (χ2v) is 10.1. The van der Waals surface area contributed by atoms with Crippen LogP contribution in [0, 0.1) is 21.7 Å². The lowest BCUT2D eigenvalue weighted by atomic mass is 10.0. The summed E-state index contributed by atoms with van der Waals surface area (Å²) in [6.45, 7) is 2.83. The summed E-state index contributed by atoms with van der Waals surface area (Å²) in [5, 5.41) is 11.1. The van der Waals surface area contributed by atoms with E-state index in [2.05, 4.69) is 19.8 Å². The van der Waals surface area contributed by atoms with Crippen molar-refractivity contribution in [3.63, 3.8) is 0 Å². The van der Waals surface area contributed by atoms with Crippen molar-refractivity contribution in [3.05, 3.63) is 98.2 Å². The summed E-state index contributed by atoms with van der Waals surface area (Å²) in [7, 11) is 0. The summed E-state index contributed by atoms with van der Waals surface area (Å²) in [6, 6.07) is 7.95. The maximum atomic E-state index is 14.4. The van der Waals surface area contributed by atoms with Crippen molar-refractivity contribution >= 4 is 22.4 Å². The molecular weight excluding hydrogens is 522 g/mol. The molecule has 1 aromatic carbocycles. The fourth-order valence-electron chi connectivity index (χ4n) is 5.62. The van der Waals surface area contributed by atoms with Gasteiger partial charge in [-0.25, -0.2) is 4.39 Å². The van der Waals surface area contributed by atoms with Crippen molar-refractivity contribution in [1.82, 2.24) is 19.4 Å². The van der Waals surface area contributed by atoms with Gasteiger partial charge in [-0.3, -0.25) is 14.7 Å². The first-order valence-electron chi connectivity index (χ1n) is 13.0. The van der Waals surface area contributed by atoms with Crippen LogP contribution in [-0.2, 0) is 19.6 Å². The number of nitro groups is 1. The SMILES string of the molecule is O=c1c(CN(Cc2ccncc2)[C@H]2CCCN(c3ccc([N+](=O)[O-])nc3)C2)cn2c3c(c(F)c(F)cc13)OCC2. The number of halogens is 2. The van der Waals surface area contributed by atoms with Crippen molar-refractivity contribution in [2.45, 2.75) is 38.5 Å². The van der Waals surface area contributed by atoms with E-state index < -0.39 is 16.6 Å². The normalized spacial score (nSPS) is 16.8. The number of anilines is 1. The highest BCUT2D eigenvalue weighted by Gasteiger charge is 2.29. The van der Waals surface area contributed by atoms with Crippen LogP contribution in [0.15, 0.2) is 59.9 Å². The fourth-order valence-corrected chi connectivity index (χ4v) is 5.62. The smallest absolute Gasteiger partial charge is 0.363 e. The number of pyridine rings is 3. The van der Waals surface area contributed by atoms with Gasteiger partial charge in [0.15, 0.2) is 23.2 Å². The molecule has 1 fully saturated rings. The number of rotatable bonds is 7. The molecule has 1 atom stereocenters. The summed E-state index contributed by atoms with van der Waals surface area (Å²) >= 11 is 0. The molecule has 0 aliphatic carbocycles. The first-order chi connectivity index (χ1) is 19.4. The van der Waals surface area contributed by atoms with E-state index in [-0.39, 0.29) is 40.5 Å². The second-order valence-electron chi connectivity index (χ2n) is 10.1. The molecule has 12 heteroatoms. The largest absolute Gasteiger partial charge is 0.486 e. The molecule has 0 bridgehead atoms. The summed E-state index contributed by atoms with van der Waals surface area (Å²) in [5.41, 5.74) is 2.21. The zero-order valence-electron chi connectivity index (χ0n) is 21.5. The van der Waals surface area contributed by atoms with E-state index in [9.17, 15) is 23.7 Å². The Balaban J connectivity index is 1.34. The fraction of sp³-hybridized carbons (Fsp3) is 0.321. The lowest BCUT2D eigenvalue weighted by molar-refractivity contribution is -0.389. The first kappa shape index (κ1) is 25.8. The van der Waals surface area contributed by atoms with Crippen LogP contribution in [0.25, 0.3) is 10.9 Å². The highest BCUT2D eigenvalue weighted by atomic mass is 19.2. The van der Waals surface area contributed by atoms with E-state index in [1.807, 2.05) is 12.1 Å². The lowest BCUT2D eigenvalue weighted by Crippen LogP contribution is -2.48. The monoisotopic (exact) mass is 548 g/mol. The van der Waals surface area contributed by atoms with Crippen LogP contribution in [0.5, 0.6) is 5.75 Å². The first-order valence-corrected chi connectivity index (χ1v) is 13.0. The molecule has 206 valence electrons. The molecule has 0 saturated carbocycles. The van der Waals surface area contributed by atoms with Gasteiger partial charge >= 0.3 is 5.82 Å². The molecule has 5 heterocycles. The number of aromatic nitrogens is 3. The molecule has 0 unspecified atom stereocenters. The molecule has 0 spiro atoms. The standard InChI is InChI=1S/C28H26F2N6O4/c29-23-12-22-26-28(25(23)30)40-11-10-34(26)15-19(27(22)37)16-35(14-18-5-7-31-8-6-18)21-2-1-9-33(17-21)20-3-4-24(32-13-20)36(38)39/h3-8,12-13,15,21H,1-2,9-11,14,16-17H2/t21-/m0/s1. The van der Waals surface area contributed by atoms with Crippen LogP contribution in [0.3, 0.4) is 0 Å². The second kappa shape index (κ2) is 10.6. The Bertz CT molecular complexity index is 1630. The maximum Gasteiger partial charge on any atom is 0.363 e. The highest BCUT2D eigenvalue weighted by Crippen LogP contribution is 2.33. The Hall–Kier alpha value is -4.45. The Morgan fingerprint density at radius 1 is 1.15 bits per heavy atom. The Morgan fingerprint density at radius 3 is 2.73 bits per heavy atom. The number of hydrogen-bond donors (Lipinski definition) is 0. The minimum absolute atomic E-state index is 0.0393. The molecule has 1 saturated heterocycles. The van der Waals surface area contributed by atoms with Crippen LogP contribution in [-0.4, -0.2) is 50.1 Å². The predicted octanol–water partition coefficient (Wildman–Crippen LogP) is 4.04. The topological polar surface area (TPSA) is 107 Å². The van der Waals surface area contributed by atoms with Crippen LogP contribution in [0.4, 0.5) is 20.3 Å². The van der Waals surface area contributed by atoms with Gasteiger partial charge in [-0.2, -0.15) is 4.39 Å². The van der Waals surface area contributed by atoms with E-state index in [1.165, 1.54) is 12.3 Å².